The van der Waals surface area contributed by atoms with Crippen molar-refractivity contribution in [1.29, 1.82) is 0 Å². The molecular formula is C12H25NO. The van der Waals surface area contributed by atoms with E-state index in [1.54, 1.807) is 0 Å². The molecule has 1 aliphatic carbocycles. The maximum Gasteiger partial charge on any atom is 0.0524 e. The minimum atomic E-state index is -0.166. The van der Waals surface area contributed by atoms with Gasteiger partial charge < -0.3 is 10.4 Å². The van der Waals surface area contributed by atoms with E-state index in [-0.39, 0.29) is 6.10 Å². The molecule has 1 rings (SSSR count). The summed E-state index contributed by atoms with van der Waals surface area (Å²) in [5.74, 6) is 1.73. The Hall–Kier alpha value is -0.0800. The van der Waals surface area contributed by atoms with Crippen LogP contribution < -0.4 is 5.32 Å². The van der Waals surface area contributed by atoms with Gasteiger partial charge in [-0.3, -0.25) is 0 Å². The van der Waals surface area contributed by atoms with Crippen molar-refractivity contribution in [3.05, 3.63) is 0 Å². The van der Waals surface area contributed by atoms with Crippen molar-refractivity contribution in [3.8, 4) is 0 Å². The van der Waals surface area contributed by atoms with Gasteiger partial charge in [-0.2, -0.15) is 0 Å². The summed E-state index contributed by atoms with van der Waals surface area (Å²) in [4.78, 5) is 0. The van der Waals surface area contributed by atoms with E-state index >= 15 is 0 Å². The zero-order chi connectivity index (χ0) is 10.6. The van der Waals surface area contributed by atoms with Crippen molar-refractivity contribution in [1.82, 2.24) is 5.32 Å². The van der Waals surface area contributed by atoms with Crippen molar-refractivity contribution >= 4 is 0 Å². The molecule has 0 aromatic heterocycles. The second-order valence-electron chi connectivity index (χ2n) is 5.21. The number of aliphatic hydroxyl groups is 1. The van der Waals surface area contributed by atoms with Gasteiger partial charge in [-0.15, -0.1) is 0 Å². The first-order chi connectivity index (χ1) is 6.58. The third-order valence-corrected chi connectivity index (χ3v) is 3.17. The van der Waals surface area contributed by atoms with Crippen LogP contribution in [-0.2, 0) is 0 Å². The average molecular weight is 199 g/mol. The third kappa shape index (κ3) is 4.43. The minimum Gasteiger partial charge on any atom is -0.393 e. The van der Waals surface area contributed by atoms with Gasteiger partial charge >= 0.3 is 0 Å². The smallest absolute Gasteiger partial charge is 0.0524 e. The first-order valence-electron chi connectivity index (χ1n) is 5.99. The summed E-state index contributed by atoms with van der Waals surface area (Å²) in [6.45, 7) is 7.51. The molecule has 0 aromatic rings. The number of hydrogen-bond acceptors (Lipinski definition) is 2. The van der Waals surface area contributed by atoms with Crippen LogP contribution in [0.25, 0.3) is 0 Å². The lowest BCUT2D eigenvalue weighted by molar-refractivity contribution is 0.175. The summed E-state index contributed by atoms with van der Waals surface area (Å²) in [6, 6.07) is 0.687. The summed E-state index contributed by atoms with van der Waals surface area (Å²) in [7, 11) is 0. The fourth-order valence-corrected chi connectivity index (χ4v) is 2.61. The molecule has 2 heteroatoms. The van der Waals surface area contributed by atoms with E-state index in [9.17, 15) is 0 Å². The Bertz CT molecular complexity index is 148. The Kier molecular flexibility index (Phi) is 4.90. The molecule has 1 fully saturated rings. The predicted molar refractivity (Wildman–Crippen MR) is 60.3 cm³/mol. The zero-order valence-corrected chi connectivity index (χ0v) is 9.79. The molecule has 2 N–H and O–H groups in total. The lowest BCUT2D eigenvalue weighted by Gasteiger charge is -2.32. The molecule has 0 spiro atoms. The SMILES string of the molecule is C[C@H]1CC(NCC[C@@H](C)O)C[C@H](C)C1. The Morgan fingerprint density at radius 3 is 2.29 bits per heavy atom. The van der Waals surface area contributed by atoms with Gasteiger partial charge in [-0.25, -0.2) is 0 Å². The molecule has 0 unspecified atom stereocenters. The average Bonchev–Trinajstić information content (AvgIpc) is 2.01. The highest BCUT2D eigenvalue weighted by Gasteiger charge is 2.23. The molecule has 0 aliphatic heterocycles. The standard InChI is InChI=1S/C12H25NO/c1-9-6-10(2)8-12(7-9)13-5-4-11(3)14/h9-14H,4-8H2,1-3H3/t9-,10-,11-/m1/s1. The Morgan fingerprint density at radius 2 is 1.79 bits per heavy atom. The Balaban J connectivity index is 2.17. The van der Waals surface area contributed by atoms with Crippen LogP contribution >= 0.6 is 0 Å². The van der Waals surface area contributed by atoms with Crippen molar-refractivity contribution in [2.45, 2.75) is 58.6 Å². The summed E-state index contributed by atoms with van der Waals surface area (Å²) >= 11 is 0. The molecule has 0 bridgehead atoms. The molecule has 0 aromatic carbocycles. The second kappa shape index (κ2) is 5.72. The summed E-state index contributed by atoms with van der Waals surface area (Å²) in [5, 5.41) is 12.7. The molecule has 14 heavy (non-hydrogen) atoms. The van der Waals surface area contributed by atoms with E-state index in [2.05, 4.69) is 19.2 Å². The van der Waals surface area contributed by atoms with Gasteiger partial charge in [0.15, 0.2) is 0 Å². The van der Waals surface area contributed by atoms with Gasteiger partial charge in [0, 0.05) is 6.04 Å². The molecule has 0 amide bonds. The van der Waals surface area contributed by atoms with E-state index in [1.165, 1.54) is 19.3 Å². The van der Waals surface area contributed by atoms with Crippen LogP contribution in [0.3, 0.4) is 0 Å². The summed E-state index contributed by atoms with van der Waals surface area (Å²) in [6.07, 6.45) is 4.71. The van der Waals surface area contributed by atoms with Crippen LogP contribution in [-0.4, -0.2) is 23.8 Å². The highest BCUT2D eigenvalue weighted by molar-refractivity contribution is 4.79. The monoisotopic (exact) mass is 199 g/mol. The molecule has 1 aliphatic rings. The molecule has 2 nitrogen and oxygen atoms in total. The fourth-order valence-electron chi connectivity index (χ4n) is 2.61. The van der Waals surface area contributed by atoms with Gasteiger partial charge in [0.05, 0.1) is 6.10 Å². The molecule has 0 saturated heterocycles. The number of hydrogen-bond donors (Lipinski definition) is 2. The minimum absolute atomic E-state index is 0.166. The maximum atomic E-state index is 9.15. The third-order valence-electron chi connectivity index (χ3n) is 3.17. The first kappa shape index (κ1) is 12.0. The van der Waals surface area contributed by atoms with Crippen LogP contribution in [0.15, 0.2) is 0 Å². The van der Waals surface area contributed by atoms with Crippen molar-refractivity contribution < 1.29 is 5.11 Å². The molecule has 1 saturated carbocycles. The largest absolute Gasteiger partial charge is 0.393 e. The molecule has 84 valence electrons. The lowest BCUT2D eigenvalue weighted by Crippen LogP contribution is -2.37. The van der Waals surface area contributed by atoms with Gasteiger partial charge in [0.2, 0.25) is 0 Å². The second-order valence-corrected chi connectivity index (χ2v) is 5.21. The van der Waals surface area contributed by atoms with Crippen molar-refractivity contribution in [3.63, 3.8) is 0 Å². The van der Waals surface area contributed by atoms with Crippen molar-refractivity contribution in [2.75, 3.05) is 6.54 Å². The topological polar surface area (TPSA) is 32.3 Å². The fraction of sp³-hybridized carbons (Fsp3) is 1.00. The van der Waals surface area contributed by atoms with E-state index in [0.29, 0.717) is 6.04 Å². The molecule has 0 heterocycles. The van der Waals surface area contributed by atoms with Gasteiger partial charge in [0.25, 0.3) is 0 Å². The quantitative estimate of drug-likeness (QED) is 0.727. The number of aliphatic hydroxyl groups excluding tert-OH is 1. The van der Waals surface area contributed by atoms with Crippen molar-refractivity contribution in [2.24, 2.45) is 11.8 Å². The van der Waals surface area contributed by atoms with E-state index < -0.39 is 0 Å². The normalized spacial score (nSPS) is 35.6. The number of rotatable bonds is 4. The van der Waals surface area contributed by atoms with Crippen LogP contribution in [0, 0.1) is 11.8 Å². The van der Waals surface area contributed by atoms with Gasteiger partial charge in [-0.05, 0) is 51.0 Å². The van der Waals surface area contributed by atoms with Crippen LogP contribution in [0.2, 0.25) is 0 Å². The Morgan fingerprint density at radius 1 is 1.21 bits per heavy atom. The lowest BCUT2D eigenvalue weighted by atomic mass is 9.80. The van der Waals surface area contributed by atoms with Crippen LogP contribution in [0.4, 0.5) is 0 Å². The summed E-state index contributed by atoms with van der Waals surface area (Å²) < 4.78 is 0. The van der Waals surface area contributed by atoms with E-state index in [4.69, 9.17) is 5.11 Å². The molecule has 0 radical (unpaired) electrons. The molecular weight excluding hydrogens is 174 g/mol. The van der Waals surface area contributed by atoms with Crippen LogP contribution in [0.5, 0.6) is 0 Å². The van der Waals surface area contributed by atoms with E-state index in [1.807, 2.05) is 6.92 Å². The first-order valence-corrected chi connectivity index (χ1v) is 5.99. The highest BCUT2D eigenvalue weighted by Crippen LogP contribution is 2.28. The maximum absolute atomic E-state index is 9.15. The zero-order valence-electron chi connectivity index (χ0n) is 9.79. The molecule has 3 atom stereocenters. The van der Waals surface area contributed by atoms with E-state index in [0.717, 1.165) is 24.8 Å². The highest BCUT2D eigenvalue weighted by atomic mass is 16.3. The van der Waals surface area contributed by atoms with Crippen LogP contribution in [0.1, 0.15) is 46.5 Å². The Labute approximate surface area is 88.1 Å². The van der Waals surface area contributed by atoms with Gasteiger partial charge in [0.1, 0.15) is 0 Å². The van der Waals surface area contributed by atoms with Gasteiger partial charge in [-0.1, -0.05) is 13.8 Å². The number of nitrogens with one attached hydrogen (secondary N) is 1. The summed E-state index contributed by atoms with van der Waals surface area (Å²) in [5.41, 5.74) is 0. The predicted octanol–water partition coefficient (Wildman–Crippen LogP) is 2.17.